The number of nitrogens with one attached hydrogen (secondary N) is 1. The van der Waals surface area contributed by atoms with E-state index in [1.807, 2.05) is 19.9 Å². The molecule has 0 spiro atoms. The Bertz CT molecular complexity index is 691. The first-order valence-corrected chi connectivity index (χ1v) is 8.47. The molecule has 0 bridgehead atoms. The number of methoxy groups -OCH3 is 1. The number of hydrogen-bond donors (Lipinski definition) is 1. The molecule has 2 aromatic rings. The SMILES string of the molecule is COCCNc1cc([C@H]2CN(Cc3coc(C)n3)CCO2)nc(C)n1. The van der Waals surface area contributed by atoms with E-state index in [1.54, 1.807) is 13.4 Å². The van der Waals surface area contributed by atoms with E-state index < -0.39 is 0 Å². The maximum Gasteiger partial charge on any atom is 0.191 e. The Morgan fingerprint density at radius 1 is 1.32 bits per heavy atom. The molecule has 3 heterocycles. The highest BCUT2D eigenvalue weighted by molar-refractivity contribution is 5.36. The van der Waals surface area contributed by atoms with Crippen molar-refractivity contribution in [2.24, 2.45) is 0 Å². The quantitative estimate of drug-likeness (QED) is 0.758. The molecule has 136 valence electrons. The van der Waals surface area contributed by atoms with Crippen molar-refractivity contribution in [1.82, 2.24) is 19.9 Å². The van der Waals surface area contributed by atoms with Crippen molar-refractivity contribution in [1.29, 1.82) is 0 Å². The van der Waals surface area contributed by atoms with Crippen LogP contribution in [-0.2, 0) is 16.0 Å². The van der Waals surface area contributed by atoms with E-state index >= 15 is 0 Å². The summed E-state index contributed by atoms with van der Waals surface area (Å²) in [6.45, 7) is 8.12. The van der Waals surface area contributed by atoms with Gasteiger partial charge in [-0.3, -0.25) is 4.90 Å². The highest BCUT2D eigenvalue weighted by Gasteiger charge is 2.24. The summed E-state index contributed by atoms with van der Waals surface area (Å²) in [5.41, 5.74) is 1.84. The average molecular weight is 347 g/mol. The molecule has 25 heavy (non-hydrogen) atoms. The van der Waals surface area contributed by atoms with Gasteiger partial charge in [-0.15, -0.1) is 0 Å². The molecule has 0 saturated carbocycles. The third kappa shape index (κ3) is 4.97. The lowest BCUT2D eigenvalue weighted by Crippen LogP contribution is -2.38. The first-order chi connectivity index (χ1) is 12.1. The van der Waals surface area contributed by atoms with Crippen molar-refractivity contribution in [3.63, 3.8) is 0 Å². The van der Waals surface area contributed by atoms with E-state index in [-0.39, 0.29) is 6.10 Å². The Labute approximate surface area is 147 Å². The largest absolute Gasteiger partial charge is 0.449 e. The number of morpholine rings is 1. The molecule has 0 amide bonds. The van der Waals surface area contributed by atoms with Gasteiger partial charge >= 0.3 is 0 Å². The maximum absolute atomic E-state index is 5.94. The van der Waals surface area contributed by atoms with Crippen LogP contribution in [0.4, 0.5) is 5.82 Å². The molecule has 1 atom stereocenters. The molecule has 8 nitrogen and oxygen atoms in total. The summed E-state index contributed by atoms with van der Waals surface area (Å²) < 4.78 is 16.3. The van der Waals surface area contributed by atoms with Crippen LogP contribution >= 0.6 is 0 Å². The van der Waals surface area contributed by atoms with Gasteiger partial charge in [0.2, 0.25) is 0 Å². The Morgan fingerprint density at radius 3 is 2.96 bits per heavy atom. The van der Waals surface area contributed by atoms with E-state index in [9.17, 15) is 0 Å². The lowest BCUT2D eigenvalue weighted by Gasteiger charge is -2.32. The van der Waals surface area contributed by atoms with Crippen molar-refractivity contribution in [2.45, 2.75) is 26.5 Å². The lowest BCUT2D eigenvalue weighted by atomic mass is 10.2. The number of ether oxygens (including phenoxy) is 2. The molecule has 8 heteroatoms. The highest BCUT2D eigenvalue weighted by atomic mass is 16.5. The van der Waals surface area contributed by atoms with Gasteiger partial charge < -0.3 is 19.2 Å². The van der Waals surface area contributed by atoms with Gasteiger partial charge in [-0.2, -0.15) is 0 Å². The standard InChI is InChI=1S/C17H25N5O3/c1-12-19-15(8-17(20-12)18-4-6-23-3)16-10-22(5-7-24-16)9-14-11-25-13(2)21-14/h8,11,16H,4-7,9-10H2,1-3H3,(H,18,19,20)/t16-/m1/s1. The second-order valence-corrected chi connectivity index (χ2v) is 6.10. The van der Waals surface area contributed by atoms with E-state index in [1.165, 1.54) is 0 Å². The van der Waals surface area contributed by atoms with Gasteiger partial charge in [0, 0.05) is 46.3 Å². The molecule has 2 aromatic heterocycles. The second kappa shape index (κ2) is 8.37. The van der Waals surface area contributed by atoms with Crippen LogP contribution in [0.5, 0.6) is 0 Å². The summed E-state index contributed by atoms with van der Waals surface area (Å²) in [5.74, 6) is 2.22. The summed E-state index contributed by atoms with van der Waals surface area (Å²) in [4.78, 5) is 15.7. The van der Waals surface area contributed by atoms with E-state index in [2.05, 4.69) is 25.2 Å². The normalized spacial score (nSPS) is 18.4. The van der Waals surface area contributed by atoms with Gasteiger partial charge in [0.05, 0.1) is 24.6 Å². The molecule has 0 radical (unpaired) electrons. The first kappa shape index (κ1) is 17.8. The number of aryl methyl sites for hydroxylation is 2. The van der Waals surface area contributed by atoms with Gasteiger partial charge in [0.15, 0.2) is 5.89 Å². The monoisotopic (exact) mass is 347 g/mol. The number of oxazole rings is 1. The molecule has 1 fully saturated rings. The van der Waals surface area contributed by atoms with Crippen LogP contribution in [0.15, 0.2) is 16.7 Å². The fourth-order valence-electron chi connectivity index (χ4n) is 2.86. The highest BCUT2D eigenvalue weighted by Crippen LogP contribution is 2.23. The number of rotatable bonds is 7. The summed E-state index contributed by atoms with van der Waals surface area (Å²) in [7, 11) is 1.68. The van der Waals surface area contributed by atoms with Crippen molar-refractivity contribution in [3.05, 3.63) is 35.4 Å². The Kier molecular flexibility index (Phi) is 5.95. The zero-order chi connectivity index (χ0) is 17.6. The zero-order valence-electron chi connectivity index (χ0n) is 15.0. The molecule has 1 aliphatic rings. The van der Waals surface area contributed by atoms with Crippen LogP contribution in [0.25, 0.3) is 0 Å². The Hall–Kier alpha value is -2.03. The van der Waals surface area contributed by atoms with Crippen LogP contribution in [0.3, 0.4) is 0 Å². The van der Waals surface area contributed by atoms with E-state index in [0.717, 1.165) is 42.7 Å². The lowest BCUT2D eigenvalue weighted by molar-refractivity contribution is -0.0354. The van der Waals surface area contributed by atoms with Gasteiger partial charge in [-0.25, -0.2) is 15.0 Å². The maximum atomic E-state index is 5.94. The summed E-state index contributed by atoms with van der Waals surface area (Å²) >= 11 is 0. The fourth-order valence-corrected chi connectivity index (χ4v) is 2.86. The smallest absolute Gasteiger partial charge is 0.191 e. The topological polar surface area (TPSA) is 85.5 Å². The van der Waals surface area contributed by atoms with Crippen molar-refractivity contribution in [2.75, 3.05) is 45.3 Å². The molecule has 1 N–H and O–H groups in total. The Morgan fingerprint density at radius 2 is 2.20 bits per heavy atom. The molecular formula is C17H25N5O3. The summed E-state index contributed by atoms with van der Waals surface area (Å²) in [6.07, 6.45) is 1.64. The van der Waals surface area contributed by atoms with Crippen molar-refractivity contribution in [3.8, 4) is 0 Å². The van der Waals surface area contributed by atoms with Gasteiger partial charge in [0.1, 0.15) is 24.0 Å². The Balaban J connectivity index is 1.65. The minimum atomic E-state index is -0.0774. The molecule has 0 unspecified atom stereocenters. The van der Waals surface area contributed by atoms with Crippen LogP contribution in [-0.4, -0.2) is 59.8 Å². The van der Waals surface area contributed by atoms with Crippen molar-refractivity contribution >= 4 is 5.82 Å². The number of anilines is 1. The summed E-state index contributed by atoms with van der Waals surface area (Å²) in [6, 6.07) is 1.96. The molecule has 1 saturated heterocycles. The predicted molar refractivity (Wildman–Crippen MR) is 92.3 cm³/mol. The third-order valence-electron chi connectivity index (χ3n) is 4.00. The van der Waals surface area contributed by atoms with Crippen LogP contribution in [0.1, 0.15) is 29.2 Å². The second-order valence-electron chi connectivity index (χ2n) is 6.10. The first-order valence-electron chi connectivity index (χ1n) is 8.47. The van der Waals surface area contributed by atoms with E-state index in [0.29, 0.717) is 25.6 Å². The van der Waals surface area contributed by atoms with E-state index in [4.69, 9.17) is 13.9 Å². The zero-order valence-corrected chi connectivity index (χ0v) is 15.0. The van der Waals surface area contributed by atoms with Gasteiger partial charge in [-0.1, -0.05) is 0 Å². The summed E-state index contributed by atoms with van der Waals surface area (Å²) in [5, 5.41) is 3.25. The van der Waals surface area contributed by atoms with Gasteiger partial charge in [-0.05, 0) is 6.92 Å². The third-order valence-corrected chi connectivity index (χ3v) is 4.00. The number of aromatic nitrogens is 3. The van der Waals surface area contributed by atoms with Gasteiger partial charge in [0.25, 0.3) is 0 Å². The van der Waals surface area contributed by atoms with Crippen LogP contribution in [0, 0.1) is 13.8 Å². The molecular weight excluding hydrogens is 322 g/mol. The minimum absolute atomic E-state index is 0.0774. The van der Waals surface area contributed by atoms with Crippen molar-refractivity contribution < 1.29 is 13.9 Å². The van der Waals surface area contributed by atoms with Crippen LogP contribution in [0.2, 0.25) is 0 Å². The molecule has 1 aliphatic heterocycles. The number of hydrogen-bond acceptors (Lipinski definition) is 8. The van der Waals surface area contributed by atoms with Crippen LogP contribution < -0.4 is 5.32 Å². The molecule has 0 aliphatic carbocycles. The minimum Gasteiger partial charge on any atom is -0.449 e. The molecule has 0 aromatic carbocycles. The average Bonchev–Trinajstić information content (AvgIpc) is 3.00. The number of nitrogens with zero attached hydrogens (tertiary/aromatic N) is 4. The predicted octanol–water partition coefficient (Wildman–Crippen LogP) is 1.71. The fraction of sp³-hybridized carbons (Fsp3) is 0.588. The molecule has 3 rings (SSSR count).